The minimum absolute atomic E-state index is 0.00840. The van der Waals surface area contributed by atoms with E-state index in [1.165, 1.54) is 32.1 Å². The van der Waals surface area contributed by atoms with Gasteiger partial charge in [-0.3, -0.25) is 47.9 Å². The van der Waals surface area contributed by atoms with E-state index in [0.29, 0.717) is 179 Å². The highest BCUT2D eigenvalue weighted by Gasteiger charge is 2.55. The highest BCUT2D eigenvalue weighted by molar-refractivity contribution is 5.78. The van der Waals surface area contributed by atoms with Crippen LogP contribution >= 0.6 is 0 Å². The van der Waals surface area contributed by atoms with Gasteiger partial charge in [-0.25, -0.2) is 0 Å². The van der Waals surface area contributed by atoms with Crippen molar-refractivity contribution in [3.8, 4) is 0 Å². The summed E-state index contributed by atoms with van der Waals surface area (Å²) in [6.07, 6.45) is 55.8. The zero-order valence-corrected chi connectivity index (χ0v) is 81.1. The standard InChI is InChI=1S/2C22H32O6.2C20H28O6.C14H22O3.C9H14O3/c23-21(25-11-13-1-7-17-19(9-13)27-17)15-3-5-16(6-4-15)22(24)26-12-14-2-8-18-20(10-14)28-18;23-21(15-5-7-17-19(9-15)27-17)25-11-13-1-2-14(4-3-13)12-26-22(24)16-6-8-18-20(10-16)28-18;21-19(11-1-7-15-17(9-11)25-15)23-13-3-5-14(6-4-13)24-20(22)12-2-8-16-18(10-12)26-16;21-19(11-5-7-15-17(9-11)23-15)25-13-3-1-2-4-14(13)26-20(22)12-6-8-16-18(10-12)24-16;15-14(11-6-7-12-13(8-11)17-12)16-9-10-4-2-1-3-5-10;1-2-11-9(10)6-3-4-7-8(5-6)12-7/h2*13-20H,1-12H2;2*11-18H,1-10H2;10-13H,1-9H2;6-8H,2-5H2,1H3. The lowest BCUT2D eigenvalue weighted by Crippen LogP contribution is -2.41. The van der Waals surface area contributed by atoms with E-state index >= 15 is 0 Å². The van der Waals surface area contributed by atoms with Gasteiger partial charge >= 0.3 is 59.7 Å². The Bertz CT molecular complexity index is 3890. The van der Waals surface area contributed by atoms with Gasteiger partial charge in [0, 0.05) is 0 Å². The summed E-state index contributed by atoms with van der Waals surface area (Å²) in [5.74, 6) is 1.95. The number of fused-ring (bicyclic) bond motifs is 10. The fourth-order valence-electron chi connectivity index (χ4n) is 26.2. The topological polar surface area (TPSA) is 388 Å². The summed E-state index contributed by atoms with van der Waals surface area (Å²) in [4.78, 5) is 122. The second-order valence-electron chi connectivity index (χ2n) is 45.9. The number of carbonyl (C=O) groups is 10. The van der Waals surface area contributed by atoms with Gasteiger partial charge in [0.1, 0.15) is 24.4 Å². The summed E-state index contributed by atoms with van der Waals surface area (Å²) in [5.41, 5.74) is 0. The van der Waals surface area contributed by atoms with Crippen LogP contribution in [0, 0.1) is 88.8 Å². The van der Waals surface area contributed by atoms with Crippen molar-refractivity contribution in [3.63, 3.8) is 0 Å². The average molecular weight is 1920 g/mol. The highest BCUT2D eigenvalue weighted by atomic mass is 16.6. The Labute approximate surface area is 807 Å². The van der Waals surface area contributed by atoms with Gasteiger partial charge in [0.05, 0.1) is 221 Å². The smallest absolute Gasteiger partial charge is 0.309 e. The van der Waals surface area contributed by atoms with Crippen LogP contribution in [0.15, 0.2) is 0 Å². The molecule has 0 aromatic heterocycles. The molecule has 30 heteroatoms. The Morgan fingerprint density at radius 3 is 0.628 bits per heavy atom. The van der Waals surface area contributed by atoms with E-state index in [9.17, 15) is 47.9 Å². The first-order valence-corrected chi connectivity index (χ1v) is 55.1. The molecule has 0 N–H and O–H groups in total. The third-order valence-electron chi connectivity index (χ3n) is 36.0. The summed E-state index contributed by atoms with van der Waals surface area (Å²) in [6.45, 7) is 5.13. The molecule has 32 atom stereocenters. The zero-order chi connectivity index (χ0) is 93.7. The Hall–Kier alpha value is -5.70. The largest absolute Gasteiger partial charge is 0.466 e. The molecule has 10 saturated heterocycles. The lowest BCUT2D eigenvalue weighted by Gasteiger charge is -2.33. The van der Waals surface area contributed by atoms with Crippen molar-refractivity contribution in [2.45, 2.75) is 481 Å². The van der Waals surface area contributed by atoms with Crippen molar-refractivity contribution in [1.82, 2.24) is 0 Å². The highest BCUT2D eigenvalue weighted by Crippen LogP contribution is 2.50. The molecular weight excluding hydrogens is 1770 g/mol. The maximum absolute atomic E-state index is 12.6. The number of rotatable bonds is 25. The second-order valence-corrected chi connectivity index (χ2v) is 45.9. The predicted molar refractivity (Wildman–Crippen MR) is 485 cm³/mol. The molecule has 0 aromatic carbocycles. The number of hydrogen-bond donors (Lipinski definition) is 0. The minimum atomic E-state index is -0.286. The van der Waals surface area contributed by atoms with E-state index in [1.54, 1.807) is 0 Å². The normalized spacial score (nSPS) is 43.6. The van der Waals surface area contributed by atoms with Gasteiger partial charge in [0.2, 0.25) is 0 Å². The first kappa shape index (κ1) is 98.7. The quantitative estimate of drug-likeness (QED) is 0.0465. The molecule has 0 aromatic rings. The van der Waals surface area contributed by atoms with Crippen LogP contribution in [0.4, 0.5) is 0 Å². The molecule has 10 heterocycles. The number of epoxide rings is 10. The van der Waals surface area contributed by atoms with Gasteiger partial charge in [-0.15, -0.1) is 0 Å². The SMILES string of the molecule is CCOC(=O)C1CCC2OC2C1.O=C(OC1CCC(OC(=O)C2CCC3OC3C2)CC1)C1CCC2OC2C1.O=C(OC1CCCCC1OC(=O)C1CCC2OC2C1)C1CCC2OC2C1.O=C(OCC1CCC(COC(=O)C2CCC3OC3C2)CC1)C1CCC2OC2C1.O=C(OCC1CCC2OC2C1)C1CCC(C(=O)OCC2CCC3OC3C2)CC1.O=C(OCC1CCCCC1)C1CCC2OC2C1. The zero-order valence-electron chi connectivity index (χ0n) is 81.1. The first-order valence-electron chi connectivity index (χ1n) is 55.1. The molecule has 0 radical (unpaired) electrons. The van der Waals surface area contributed by atoms with Crippen molar-refractivity contribution < 1.29 is 143 Å². The van der Waals surface area contributed by atoms with Crippen LogP contribution in [0.3, 0.4) is 0 Å². The van der Waals surface area contributed by atoms with Gasteiger partial charge in [0.15, 0.2) is 0 Å². The summed E-state index contributed by atoms with van der Waals surface area (Å²) in [6, 6.07) is 0. The second kappa shape index (κ2) is 45.7. The molecule has 25 aliphatic rings. The van der Waals surface area contributed by atoms with Crippen LogP contribution in [0.2, 0.25) is 0 Å². The summed E-state index contributed by atoms with van der Waals surface area (Å²) in [5, 5.41) is 0. The summed E-state index contributed by atoms with van der Waals surface area (Å²) in [7, 11) is 0. The Morgan fingerprint density at radius 2 is 0.372 bits per heavy atom. The molecule has 32 unspecified atom stereocenters. The fraction of sp³-hybridized carbons (Fsp3) is 0.907. The molecule has 0 bridgehead atoms. The number of esters is 10. The predicted octanol–water partition coefficient (Wildman–Crippen LogP) is 14.9. The summed E-state index contributed by atoms with van der Waals surface area (Å²) >= 11 is 0. The molecule has 10 aliphatic heterocycles. The molecule has 15 saturated carbocycles. The van der Waals surface area contributed by atoms with E-state index in [4.69, 9.17) is 94.7 Å². The van der Waals surface area contributed by atoms with Crippen molar-refractivity contribution in [2.75, 3.05) is 39.6 Å². The third kappa shape index (κ3) is 27.9. The maximum atomic E-state index is 12.6. The molecule has 25 rings (SSSR count). The lowest BCUT2D eigenvalue weighted by atomic mass is 9.82. The van der Waals surface area contributed by atoms with Gasteiger partial charge < -0.3 is 94.7 Å². The molecule has 0 spiro atoms. The van der Waals surface area contributed by atoms with Crippen LogP contribution in [-0.2, 0) is 143 Å². The molecule has 30 nitrogen and oxygen atoms in total. The monoisotopic (exact) mass is 1920 g/mol. The minimum Gasteiger partial charge on any atom is -0.466 e. The van der Waals surface area contributed by atoms with Crippen LogP contribution in [0.25, 0.3) is 0 Å². The van der Waals surface area contributed by atoms with Crippen molar-refractivity contribution in [1.29, 1.82) is 0 Å². The van der Waals surface area contributed by atoms with E-state index < -0.39 is 0 Å². The molecule has 137 heavy (non-hydrogen) atoms. The van der Waals surface area contributed by atoms with Crippen LogP contribution < -0.4 is 0 Å². The fourth-order valence-corrected chi connectivity index (χ4v) is 26.2. The third-order valence-corrected chi connectivity index (χ3v) is 36.0. The number of carbonyl (C=O) groups excluding carboxylic acids is 10. The first-order chi connectivity index (χ1) is 66.8. The van der Waals surface area contributed by atoms with E-state index in [1.807, 2.05) is 6.92 Å². The van der Waals surface area contributed by atoms with Gasteiger partial charge in [-0.1, -0.05) is 19.3 Å². The van der Waals surface area contributed by atoms with Crippen molar-refractivity contribution >= 4 is 59.7 Å². The van der Waals surface area contributed by atoms with Crippen LogP contribution in [-0.4, -0.2) is 246 Å². The van der Waals surface area contributed by atoms with E-state index in [-0.39, 0.29) is 155 Å². The van der Waals surface area contributed by atoms with Crippen molar-refractivity contribution in [3.05, 3.63) is 0 Å². The van der Waals surface area contributed by atoms with E-state index in [0.717, 1.165) is 295 Å². The van der Waals surface area contributed by atoms with Gasteiger partial charge in [-0.2, -0.15) is 0 Å². The Kier molecular flexibility index (Phi) is 32.9. The van der Waals surface area contributed by atoms with Gasteiger partial charge in [0.25, 0.3) is 0 Å². The molecule has 0 amide bonds. The average Bonchev–Trinajstić information content (AvgIpc) is 1.67. The number of hydrogen-bond acceptors (Lipinski definition) is 30. The van der Waals surface area contributed by atoms with E-state index in [2.05, 4.69) is 0 Å². The molecule has 25 fully saturated rings. The Morgan fingerprint density at radius 1 is 0.175 bits per heavy atom. The molecule has 15 aliphatic carbocycles. The molecule has 764 valence electrons. The Balaban J connectivity index is 0.000000103. The molecular formula is C107H156O30. The van der Waals surface area contributed by atoms with Crippen LogP contribution in [0.5, 0.6) is 0 Å². The lowest BCUT2D eigenvalue weighted by molar-refractivity contribution is -0.177. The van der Waals surface area contributed by atoms with Crippen molar-refractivity contribution in [2.24, 2.45) is 88.8 Å². The van der Waals surface area contributed by atoms with Gasteiger partial charge in [-0.05, 0) is 345 Å². The maximum Gasteiger partial charge on any atom is 0.309 e. The summed E-state index contributed by atoms with van der Waals surface area (Å²) < 4.78 is 111. The number of ether oxygens (including phenoxy) is 20. The van der Waals surface area contributed by atoms with Crippen LogP contribution in [0.1, 0.15) is 334 Å².